The van der Waals surface area contributed by atoms with Crippen LogP contribution in [0.15, 0.2) is 47.4 Å². The molecule has 21 heavy (non-hydrogen) atoms. The molecule has 0 aliphatic rings. The molecule has 0 aliphatic carbocycles. The maximum Gasteiger partial charge on any atom is 0.337 e. The highest BCUT2D eigenvalue weighted by Gasteiger charge is 2.14. The molecule has 0 spiro atoms. The summed E-state index contributed by atoms with van der Waals surface area (Å²) in [6.07, 6.45) is 1.95. The summed E-state index contributed by atoms with van der Waals surface area (Å²) in [4.78, 5) is 24.3. The first-order valence-corrected chi connectivity index (χ1v) is 7.32. The first-order chi connectivity index (χ1) is 10.0. The Labute approximate surface area is 126 Å². The van der Waals surface area contributed by atoms with Gasteiger partial charge in [0.15, 0.2) is 0 Å². The summed E-state index contributed by atoms with van der Waals surface area (Å²) in [5, 5.41) is 11.7. The monoisotopic (exact) mass is 302 g/mol. The number of nitrogens with two attached hydrogens (primary N) is 1. The number of hydrogen-bond donors (Lipinski definition) is 3. The van der Waals surface area contributed by atoms with Gasteiger partial charge in [-0.1, -0.05) is 0 Å². The average molecular weight is 302 g/mol. The second-order valence-electron chi connectivity index (χ2n) is 4.29. The number of carbonyl (C=O) groups excluding carboxylic acids is 1. The molecule has 0 radical (unpaired) electrons. The third-order valence-corrected chi connectivity index (χ3v) is 3.62. The number of benzene rings is 2. The van der Waals surface area contributed by atoms with Crippen LogP contribution in [-0.2, 0) is 0 Å². The van der Waals surface area contributed by atoms with Gasteiger partial charge < -0.3 is 16.2 Å². The van der Waals surface area contributed by atoms with Gasteiger partial charge in [0.1, 0.15) is 0 Å². The first-order valence-electron chi connectivity index (χ1n) is 6.09. The molecule has 0 saturated heterocycles. The molecule has 2 aromatic carbocycles. The van der Waals surface area contributed by atoms with Crippen molar-refractivity contribution in [2.75, 3.05) is 17.3 Å². The Morgan fingerprint density at radius 1 is 1.14 bits per heavy atom. The second-order valence-corrected chi connectivity index (χ2v) is 5.17. The van der Waals surface area contributed by atoms with Crippen molar-refractivity contribution >= 4 is 35.0 Å². The van der Waals surface area contributed by atoms with Crippen molar-refractivity contribution in [1.29, 1.82) is 0 Å². The molecule has 0 aliphatic heterocycles. The Kier molecular flexibility index (Phi) is 4.49. The van der Waals surface area contributed by atoms with Gasteiger partial charge in [0.25, 0.3) is 5.91 Å². The zero-order chi connectivity index (χ0) is 15.4. The summed E-state index contributed by atoms with van der Waals surface area (Å²) in [6, 6.07) is 11.4. The van der Waals surface area contributed by atoms with Crippen LogP contribution in [0.1, 0.15) is 20.7 Å². The normalized spacial score (nSPS) is 10.1. The summed E-state index contributed by atoms with van der Waals surface area (Å²) in [7, 11) is 0. The van der Waals surface area contributed by atoms with E-state index in [4.69, 9.17) is 10.8 Å². The molecule has 0 bridgehead atoms. The molecule has 108 valence electrons. The fourth-order valence-corrected chi connectivity index (χ4v) is 2.19. The maximum absolute atomic E-state index is 12.1. The SMILES string of the molecule is CSc1ccc(C(=O)Nc2ccc(N)cc2C(=O)O)cc1. The Morgan fingerprint density at radius 3 is 2.38 bits per heavy atom. The third kappa shape index (κ3) is 3.55. The number of nitrogen functional groups attached to an aromatic ring is 1. The lowest BCUT2D eigenvalue weighted by Gasteiger charge is -2.09. The van der Waals surface area contributed by atoms with Gasteiger partial charge in [-0.2, -0.15) is 0 Å². The molecule has 6 heteroatoms. The van der Waals surface area contributed by atoms with Crippen molar-refractivity contribution in [3.8, 4) is 0 Å². The lowest BCUT2D eigenvalue weighted by molar-refractivity contribution is 0.0698. The molecule has 0 unspecified atom stereocenters. The highest BCUT2D eigenvalue weighted by atomic mass is 32.2. The van der Waals surface area contributed by atoms with Crippen LogP contribution in [-0.4, -0.2) is 23.2 Å². The van der Waals surface area contributed by atoms with Gasteiger partial charge in [0, 0.05) is 16.1 Å². The van der Waals surface area contributed by atoms with Crippen LogP contribution in [0, 0.1) is 0 Å². The fraction of sp³-hybridized carbons (Fsp3) is 0.0667. The predicted molar refractivity (Wildman–Crippen MR) is 84.0 cm³/mol. The Morgan fingerprint density at radius 2 is 1.81 bits per heavy atom. The second kappa shape index (κ2) is 6.32. The van der Waals surface area contributed by atoms with Crippen LogP contribution < -0.4 is 11.1 Å². The van der Waals surface area contributed by atoms with Crippen molar-refractivity contribution in [2.45, 2.75) is 4.90 Å². The smallest absolute Gasteiger partial charge is 0.337 e. The zero-order valence-electron chi connectivity index (χ0n) is 11.3. The maximum atomic E-state index is 12.1. The summed E-state index contributed by atoms with van der Waals surface area (Å²) in [5.74, 6) is -1.51. The highest BCUT2D eigenvalue weighted by Crippen LogP contribution is 2.20. The average Bonchev–Trinajstić information content (AvgIpc) is 2.49. The minimum absolute atomic E-state index is 0.0379. The lowest BCUT2D eigenvalue weighted by atomic mass is 10.1. The summed E-state index contributed by atoms with van der Waals surface area (Å²) in [5.41, 5.74) is 6.53. The zero-order valence-corrected chi connectivity index (χ0v) is 12.1. The van der Waals surface area contributed by atoms with E-state index in [0.717, 1.165) is 4.90 Å². The van der Waals surface area contributed by atoms with E-state index >= 15 is 0 Å². The molecule has 2 rings (SSSR count). The van der Waals surface area contributed by atoms with E-state index in [1.165, 1.54) is 12.1 Å². The van der Waals surface area contributed by atoms with Crippen molar-refractivity contribution in [3.63, 3.8) is 0 Å². The number of amides is 1. The van der Waals surface area contributed by atoms with Crippen LogP contribution in [0.2, 0.25) is 0 Å². The van der Waals surface area contributed by atoms with Gasteiger partial charge in [-0.05, 0) is 48.7 Å². The number of carbonyl (C=O) groups is 2. The molecule has 0 aromatic heterocycles. The van der Waals surface area contributed by atoms with Crippen molar-refractivity contribution in [2.24, 2.45) is 0 Å². The van der Waals surface area contributed by atoms with E-state index in [1.54, 1.807) is 30.0 Å². The van der Waals surface area contributed by atoms with Gasteiger partial charge in [-0.3, -0.25) is 4.79 Å². The number of hydrogen-bond acceptors (Lipinski definition) is 4. The van der Waals surface area contributed by atoms with Gasteiger partial charge in [0.2, 0.25) is 0 Å². The molecule has 0 fully saturated rings. The Bertz CT molecular complexity index is 684. The highest BCUT2D eigenvalue weighted by molar-refractivity contribution is 7.98. The van der Waals surface area contributed by atoms with Crippen molar-refractivity contribution < 1.29 is 14.7 Å². The third-order valence-electron chi connectivity index (χ3n) is 2.87. The lowest BCUT2D eigenvalue weighted by Crippen LogP contribution is -2.15. The van der Waals surface area contributed by atoms with Crippen LogP contribution in [0.5, 0.6) is 0 Å². The number of nitrogens with one attached hydrogen (secondary N) is 1. The quantitative estimate of drug-likeness (QED) is 0.596. The molecular weight excluding hydrogens is 288 g/mol. The standard InChI is InChI=1S/C15H14N2O3S/c1-21-11-5-2-9(3-6-11)14(18)17-13-7-4-10(16)8-12(13)15(19)20/h2-8H,16H2,1H3,(H,17,18)(H,19,20). The number of rotatable bonds is 4. The van der Waals surface area contributed by atoms with E-state index in [0.29, 0.717) is 11.3 Å². The van der Waals surface area contributed by atoms with Gasteiger partial charge in [-0.25, -0.2) is 4.79 Å². The van der Waals surface area contributed by atoms with E-state index in [-0.39, 0.29) is 17.2 Å². The van der Waals surface area contributed by atoms with Crippen molar-refractivity contribution in [1.82, 2.24) is 0 Å². The molecule has 0 saturated carbocycles. The molecule has 2 aromatic rings. The van der Waals surface area contributed by atoms with Crippen LogP contribution >= 0.6 is 11.8 Å². The van der Waals surface area contributed by atoms with Crippen LogP contribution in [0.4, 0.5) is 11.4 Å². The molecule has 4 N–H and O–H groups in total. The number of thioether (sulfide) groups is 1. The van der Waals surface area contributed by atoms with E-state index in [9.17, 15) is 9.59 Å². The van der Waals surface area contributed by atoms with E-state index in [1.807, 2.05) is 18.4 Å². The van der Waals surface area contributed by atoms with E-state index in [2.05, 4.69) is 5.32 Å². The Balaban J connectivity index is 2.24. The predicted octanol–water partition coefficient (Wildman–Crippen LogP) is 2.94. The van der Waals surface area contributed by atoms with Gasteiger partial charge >= 0.3 is 5.97 Å². The summed E-state index contributed by atoms with van der Waals surface area (Å²) >= 11 is 1.58. The summed E-state index contributed by atoms with van der Waals surface area (Å²) < 4.78 is 0. The van der Waals surface area contributed by atoms with Crippen LogP contribution in [0.3, 0.4) is 0 Å². The summed E-state index contributed by atoms with van der Waals surface area (Å²) in [6.45, 7) is 0. The Hall–Kier alpha value is -2.47. The molecule has 0 heterocycles. The van der Waals surface area contributed by atoms with Gasteiger partial charge in [-0.15, -0.1) is 11.8 Å². The van der Waals surface area contributed by atoms with Gasteiger partial charge in [0.05, 0.1) is 11.3 Å². The number of carboxylic acid groups (broad SMARTS) is 1. The largest absolute Gasteiger partial charge is 0.478 e. The molecule has 5 nitrogen and oxygen atoms in total. The molecular formula is C15H14N2O3S. The number of carboxylic acids is 1. The minimum atomic E-state index is -1.14. The fourth-order valence-electron chi connectivity index (χ4n) is 1.78. The van der Waals surface area contributed by atoms with Crippen molar-refractivity contribution in [3.05, 3.63) is 53.6 Å². The minimum Gasteiger partial charge on any atom is -0.478 e. The molecule has 1 amide bonds. The van der Waals surface area contributed by atoms with E-state index < -0.39 is 5.97 Å². The number of anilines is 2. The van der Waals surface area contributed by atoms with Crippen LogP contribution in [0.25, 0.3) is 0 Å². The number of aromatic carboxylic acids is 1. The topological polar surface area (TPSA) is 92.4 Å². The molecule has 0 atom stereocenters. The first kappa shape index (κ1) is 14.9.